The van der Waals surface area contributed by atoms with Crippen LogP contribution < -0.4 is 5.32 Å². The van der Waals surface area contributed by atoms with E-state index in [2.05, 4.69) is 10.4 Å². The summed E-state index contributed by atoms with van der Waals surface area (Å²) in [6.07, 6.45) is 0.819. The molecule has 0 bridgehead atoms. The number of hydrogen-bond donors (Lipinski definition) is 1. The molecule has 2 heterocycles. The Morgan fingerprint density at radius 3 is 2.67 bits per heavy atom. The van der Waals surface area contributed by atoms with Crippen molar-refractivity contribution >= 4 is 27.4 Å². The number of benzene rings is 1. The molecule has 0 unspecified atom stereocenters. The van der Waals surface area contributed by atoms with Crippen molar-refractivity contribution < 1.29 is 18.0 Å². The second kappa shape index (κ2) is 6.72. The van der Waals surface area contributed by atoms with E-state index >= 15 is 0 Å². The van der Waals surface area contributed by atoms with Gasteiger partial charge < -0.3 is 5.32 Å². The maximum atomic E-state index is 12.3. The summed E-state index contributed by atoms with van der Waals surface area (Å²) >= 11 is 0. The molecule has 1 aromatic rings. The van der Waals surface area contributed by atoms with Crippen LogP contribution in [-0.2, 0) is 26.0 Å². The molecule has 1 atom stereocenters. The molecule has 0 saturated carbocycles. The maximum absolute atomic E-state index is 12.3. The van der Waals surface area contributed by atoms with Crippen LogP contribution >= 0.6 is 0 Å². The topological polar surface area (TPSA) is 95.9 Å². The van der Waals surface area contributed by atoms with Gasteiger partial charge in [0.1, 0.15) is 5.71 Å². The van der Waals surface area contributed by atoms with Crippen LogP contribution in [0.25, 0.3) is 0 Å². The lowest BCUT2D eigenvalue weighted by Gasteiger charge is -2.27. The molecule has 2 aliphatic heterocycles. The normalized spacial score (nSPS) is 23.0. The number of nitrogens with zero attached hydrogens (tertiary/aromatic N) is 2. The quantitative estimate of drug-likeness (QED) is 0.854. The molecule has 1 N–H and O–H groups in total. The standard InChI is InChI=1S/C16H19N3O4S/c20-15-7-6-14(16(21)17-10-12-4-2-1-3-5-12)18-19(15)13-8-9-24(22,23)11-13/h1-5,13H,6-11H2,(H,17,21)/t13-/m1/s1. The minimum Gasteiger partial charge on any atom is -0.347 e. The average molecular weight is 349 g/mol. The van der Waals surface area contributed by atoms with E-state index < -0.39 is 15.9 Å². The molecule has 0 spiro atoms. The maximum Gasteiger partial charge on any atom is 0.267 e. The molecule has 0 radical (unpaired) electrons. The van der Waals surface area contributed by atoms with Gasteiger partial charge in [0.05, 0.1) is 17.5 Å². The molecular formula is C16H19N3O4S. The molecule has 0 aliphatic carbocycles. The lowest BCUT2D eigenvalue weighted by Crippen LogP contribution is -2.43. The first-order valence-corrected chi connectivity index (χ1v) is 9.69. The smallest absolute Gasteiger partial charge is 0.267 e. The Hall–Kier alpha value is -2.22. The van der Waals surface area contributed by atoms with Crippen LogP contribution in [0.4, 0.5) is 0 Å². The summed E-state index contributed by atoms with van der Waals surface area (Å²) in [4.78, 5) is 24.3. The van der Waals surface area contributed by atoms with Gasteiger partial charge in [-0.3, -0.25) is 9.59 Å². The average Bonchev–Trinajstić information content (AvgIpc) is 2.94. The van der Waals surface area contributed by atoms with Crippen LogP contribution in [0.15, 0.2) is 35.4 Å². The number of sulfone groups is 1. The number of hydrogen-bond acceptors (Lipinski definition) is 5. The molecule has 8 heteroatoms. The Bertz CT molecular complexity index is 774. The van der Waals surface area contributed by atoms with Crippen LogP contribution in [0, 0.1) is 0 Å². The van der Waals surface area contributed by atoms with Gasteiger partial charge in [-0.05, 0) is 12.0 Å². The first-order valence-electron chi connectivity index (χ1n) is 7.87. The van der Waals surface area contributed by atoms with Crippen molar-refractivity contribution in [3.05, 3.63) is 35.9 Å². The van der Waals surface area contributed by atoms with Gasteiger partial charge >= 0.3 is 0 Å². The molecule has 1 aromatic carbocycles. The number of carbonyl (C=O) groups is 2. The van der Waals surface area contributed by atoms with Crippen molar-refractivity contribution in [2.45, 2.75) is 31.8 Å². The fourth-order valence-electron chi connectivity index (χ4n) is 2.87. The summed E-state index contributed by atoms with van der Waals surface area (Å²) in [5, 5.41) is 8.13. The van der Waals surface area contributed by atoms with Crippen molar-refractivity contribution in [3.8, 4) is 0 Å². The van der Waals surface area contributed by atoms with E-state index in [9.17, 15) is 18.0 Å². The first-order chi connectivity index (χ1) is 11.4. The number of amides is 2. The molecule has 1 fully saturated rings. The molecule has 1 saturated heterocycles. The highest BCUT2D eigenvalue weighted by Gasteiger charge is 2.37. The van der Waals surface area contributed by atoms with Gasteiger partial charge in [-0.2, -0.15) is 5.10 Å². The van der Waals surface area contributed by atoms with E-state index in [1.807, 2.05) is 30.3 Å². The molecule has 2 aliphatic rings. The summed E-state index contributed by atoms with van der Waals surface area (Å²) < 4.78 is 23.2. The predicted octanol–water partition coefficient (Wildman–Crippen LogP) is 0.468. The van der Waals surface area contributed by atoms with Gasteiger partial charge in [0.25, 0.3) is 5.91 Å². The molecule has 2 amide bonds. The van der Waals surface area contributed by atoms with E-state index in [0.29, 0.717) is 13.0 Å². The van der Waals surface area contributed by atoms with E-state index in [4.69, 9.17) is 0 Å². The van der Waals surface area contributed by atoms with Crippen molar-refractivity contribution in [2.75, 3.05) is 11.5 Å². The summed E-state index contributed by atoms with van der Waals surface area (Å²) in [7, 11) is -3.12. The van der Waals surface area contributed by atoms with E-state index in [1.165, 1.54) is 5.01 Å². The van der Waals surface area contributed by atoms with Crippen LogP contribution in [0.5, 0.6) is 0 Å². The number of rotatable bonds is 4. The second-order valence-corrected chi connectivity index (χ2v) is 8.24. The Labute approximate surface area is 140 Å². The zero-order chi connectivity index (χ0) is 17.2. The van der Waals surface area contributed by atoms with Crippen LogP contribution in [0.2, 0.25) is 0 Å². The Balaban J connectivity index is 1.67. The largest absolute Gasteiger partial charge is 0.347 e. The highest BCUT2D eigenvalue weighted by atomic mass is 32.2. The van der Waals surface area contributed by atoms with E-state index in [1.54, 1.807) is 0 Å². The van der Waals surface area contributed by atoms with Gasteiger partial charge in [-0.1, -0.05) is 30.3 Å². The SMILES string of the molecule is O=C(NCc1ccccc1)C1=NN([C@@H]2CCS(=O)(=O)C2)C(=O)CC1. The van der Waals surface area contributed by atoms with Gasteiger partial charge in [-0.25, -0.2) is 13.4 Å². The molecule has 0 aromatic heterocycles. The lowest BCUT2D eigenvalue weighted by molar-refractivity contribution is -0.133. The minimum atomic E-state index is -3.12. The third kappa shape index (κ3) is 3.81. The molecule has 128 valence electrons. The van der Waals surface area contributed by atoms with E-state index in [0.717, 1.165) is 5.56 Å². The minimum absolute atomic E-state index is 0.0620. The van der Waals surface area contributed by atoms with Crippen LogP contribution in [0.3, 0.4) is 0 Å². The van der Waals surface area contributed by atoms with Gasteiger partial charge in [-0.15, -0.1) is 0 Å². The molecule has 24 heavy (non-hydrogen) atoms. The van der Waals surface area contributed by atoms with Crippen molar-refractivity contribution in [2.24, 2.45) is 5.10 Å². The summed E-state index contributed by atoms with van der Waals surface area (Å²) in [5.74, 6) is -0.567. The molecule has 7 nitrogen and oxygen atoms in total. The van der Waals surface area contributed by atoms with Gasteiger partial charge in [0, 0.05) is 19.4 Å². The fourth-order valence-corrected chi connectivity index (χ4v) is 4.56. The van der Waals surface area contributed by atoms with Gasteiger partial charge in [0.2, 0.25) is 5.91 Å². The summed E-state index contributed by atoms with van der Waals surface area (Å²) in [5.41, 5.74) is 1.24. The number of carbonyl (C=O) groups excluding carboxylic acids is 2. The van der Waals surface area contributed by atoms with E-state index in [-0.39, 0.29) is 41.9 Å². The Morgan fingerprint density at radius 2 is 2.00 bits per heavy atom. The monoisotopic (exact) mass is 349 g/mol. The number of nitrogens with one attached hydrogen (secondary N) is 1. The zero-order valence-corrected chi connectivity index (χ0v) is 14.0. The fraction of sp³-hybridized carbons (Fsp3) is 0.438. The molecule has 3 rings (SSSR count). The third-order valence-electron chi connectivity index (χ3n) is 4.17. The first kappa shape index (κ1) is 16.6. The summed E-state index contributed by atoms with van der Waals surface area (Å²) in [6.45, 7) is 0.379. The number of hydrazone groups is 1. The Morgan fingerprint density at radius 1 is 1.25 bits per heavy atom. The van der Waals surface area contributed by atoms with Gasteiger partial charge in [0.15, 0.2) is 9.84 Å². The van der Waals surface area contributed by atoms with Crippen molar-refractivity contribution in [1.82, 2.24) is 10.3 Å². The predicted molar refractivity (Wildman–Crippen MR) is 88.9 cm³/mol. The van der Waals surface area contributed by atoms with Crippen LogP contribution in [-0.4, -0.2) is 48.5 Å². The second-order valence-electron chi connectivity index (χ2n) is 6.01. The van der Waals surface area contributed by atoms with Crippen molar-refractivity contribution in [1.29, 1.82) is 0 Å². The van der Waals surface area contributed by atoms with Crippen molar-refractivity contribution in [3.63, 3.8) is 0 Å². The third-order valence-corrected chi connectivity index (χ3v) is 5.92. The summed E-state index contributed by atoms with van der Waals surface area (Å²) in [6, 6.07) is 9.03. The lowest BCUT2D eigenvalue weighted by atomic mass is 10.1. The Kier molecular flexibility index (Phi) is 4.66. The highest BCUT2D eigenvalue weighted by Crippen LogP contribution is 2.22. The van der Waals surface area contributed by atoms with Crippen LogP contribution in [0.1, 0.15) is 24.8 Å². The molecular weight excluding hydrogens is 330 g/mol. The highest BCUT2D eigenvalue weighted by molar-refractivity contribution is 7.91. The zero-order valence-electron chi connectivity index (χ0n) is 13.1.